The number of aromatic nitrogens is 1. The molecule has 5 nitrogen and oxygen atoms in total. The van der Waals surface area contributed by atoms with Gasteiger partial charge in [-0.05, 0) is 58.7 Å². The second-order valence-electron chi connectivity index (χ2n) is 14.5. The molecule has 11 aromatic rings. The smallest absolute Gasteiger partial charge is 0.137 e. The summed E-state index contributed by atoms with van der Waals surface area (Å²) in [6.45, 7) is 0. The van der Waals surface area contributed by atoms with Gasteiger partial charge in [0.25, 0.3) is 0 Å². The lowest BCUT2D eigenvalue weighted by molar-refractivity contribution is 0.668. The van der Waals surface area contributed by atoms with Crippen molar-refractivity contribution in [2.75, 3.05) is 0 Å². The quantitative estimate of drug-likeness (QED) is 0.173. The molecule has 0 saturated carbocycles. The summed E-state index contributed by atoms with van der Waals surface area (Å²) in [6, 6.07) is 64.0. The average Bonchev–Trinajstić information content (AvgIpc) is 3.96. The lowest BCUT2D eigenvalue weighted by Crippen LogP contribution is -2.16. The van der Waals surface area contributed by atoms with E-state index < -0.39 is 6.17 Å². The molecule has 3 aromatic heterocycles. The summed E-state index contributed by atoms with van der Waals surface area (Å²) in [4.78, 5) is 10.5. The highest BCUT2D eigenvalue weighted by Crippen LogP contribution is 2.41. The van der Waals surface area contributed by atoms with Gasteiger partial charge in [-0.2, -0.15) is 0 Å². The molecule has 57 heavy (non-hydrogen) atoms. The maximum atomic E-state index is 6.72. The summed E-state index contributed by atoms with van der Waals surface area (Å²) in [5.74, 6) is 1.32. The number of hydrogen-bond acceptors (Lipinski definition) is 4. The zero-order valence-electron chi connectivity index (χ0n) is 30.5. The van der Waals surface area contributed by atoms with Crippen LogP contribution in [0.25, 0.3) is 86.0 Å². The van der Waals surface area contributed by atoms with Crippen LogP contribution in [0.3, 0.4) is 0 Å². The highest BCUT2D eigenvalue weighted by molar-refractivity contribution is 7.26. The van der Waals surface area contributed by atoms with Crippen molar-refractivity contribution < 1.29 is 4.42 Å². The van der Waals surface area contributed by atoms with Crippen molar-refractivity contribution in [3.05, 3.63) is 204 Å². The molecule has 1 unspecified atom stereocenters. The Morgan fingerprint density at radius 1 is 0.526 bits per heavy atom. The van der Waals surface area contributed by atoms with Crippen LogP contribution in [0, 0.1) is 0 Å². The Balaban J connectivity index is 1.04. The molecule has 1 aliphatic heterocycles. The first kappa shape index (κ1) is 32.0. The monoisotopic (exact) mass is 747 g/mol. The fourth-order valence-corrected chi connectivity index (χ4v) is 9.79. The summed E-state index contributed by atoms with van der Waals surface area (Å²) in [7, 11) is 0. The molecule has 0 N–H and O–H groups in total. The topological polar surface area (TPSA) is 56.9 Å². The average molecular weight is 748 g/mol. The molecule has 6 heteroatoms. The van der Waals surface area contributed by atoms with Gasteiger partial charge >= 0.3 is 0 Å². The van der Waals surface area contributed by atoms with Gasteiger partial charge in [-0.25, -0.2) is 0 Å². The maximum absolute atomic E-state index is 6.72. The lowest BCUT2D eigenvalue weighted by atomic mass is 10.0. The Hall–Kier alpha value is -7.28. The van der Waals surface area contributed by atoms with Crippen molar-refractivity contribution in [3.8, 4) is 16.8 Å². The van der Waals surface area contributed by atoms with Crippen LogP contribution in [0.4, 0.5) is 0 Å². The number of rotatable bonds is 5. The molecule has 0 saturated heterocycles. The number of aliphatic imine (C=N–C) groups is 2. The number of hydrogen-bond donors (Lipinski definition) is 0. The fourth-order valence-electron chi connectivity index (χ4n) is 8.57. The third-order valence-corrected chi connectivity index (χ3v) is 12.4. The van der Waals surface area contributed by atoms with E-state index >= 15 is 0 Å². The molecule has 8 aromatic carbocycles. The van der Waals surface area contributed by atoms with E-state index in [-0.39, 0.29) is 0 Å². The summed E-state index contributed by atoms with van der Waals surface area (Å²) in [5.41, 5.74) is 10.2. The molecule has 12 rings (SSSR count). The molecule has 0 spiro atoms. The van der Waals surface area contributed by atoms with Crippen molar-refractivity contribution in [1.82, 2.24) is 4.57 Å². The second-order valence-corrected chi connectivity index (χ2v) is 15.5. The minimum Gasteiger partial charge on any atom is -0.456 e. The standard InChI is InChI=1S/C51H31N4OS/c1-3-13-31(14-4-1)33-25-27-36-35-17-7-9-22-42(35)55(43(36)29-33)34-26-28-39-45(30-34)56-44-23-12-20-40(47(39)44)50-52-49(32-15-5-2-6-16-32)53-51(54-50)41-21-11-19-38-37-18-8-10-24-46(37)57-48(38)41/h1-30,49H/q-1. The van der Waals surface area contributed by atoms with E-state index in [4.69, 9.17) is 19.7 Å². The highest BCUT2D eigenvalue weighted by atomic mass is 32.1. The Kier molecular flexibility index (Phi) is 7.09. The van der Waals surface area contributed by atoms with Crippen LogP contribution in [-0.2, 0) is 0 Å². The molecule has 0 amide bonds. The fraction of sp³-hybridized carbons (Fsp3) is 0.0196. The van der Waals surface area contributed by atoms with Crippen molar-refractivity contribution in [2.24, 2.45) is 9.98 Å². The first-order chi connectivity index (χ1) is 28.2. The predicted octanol–water partition coefficient (Wildman–Crippen LogP) is 14.0. The zero-order chi connectivity index (χ0) is 37.5. The van der Waals surface area contributed by atoms with E-state index in [1.54, 1.807) is 11.3 Å². The lowest BCUT2D eigenvalue weighted by Gasteiger charge is -2.32. The predicted molar refractivity (Wildman–Crippen MR) is 238 cm³/mol. The molecular formula is C51H31N4OS-. The van der Waals surface area contributed by atoms with E-state index in [2.05, 4.69) is 156 Å². The van der Waals surface area contributed by atoms with Gasteiger partial charge in [-0.1, -0.05) is 145 Å². The molecule has 4 heterocycles. The number of fused-ring (bicyclic) bond motifs is 9. The van der Waals surface area contributed by atoms with Crippen LogP contribution in [0.15, 0.2) is 196 Å². The van der Waals surface area contributed by atoms with Crippen molar-refractivity contribution in [3.63, 3.8) is 0 Å². The molecule has 0 bridgehead atoms. The molecule has 0 aliphatic carbocycles. The number of nitrogens with zero attached hydrogens (tertiary/aromatic N) is 4. The summed E-state index contributed by atoms with van der Waals surface area (Å²) in [6.07, 6.45) is -0.450. The number of thiophene rings is 1. The van der Waals surface area contributed by atoms with Crippen LogP contribution in [0.1, 0.15) is 22.9 Å². The van der Waals surface area contributed by atoms with Crippen LogP contribution >= 0.6 is 11.3 Å². The van der Waals surface area contributed by atoms with Crippen molar-refractivity contribution in [2.45, 2.75) is 6.17 Å². The molecule has 268 valence electrons. The van der Waals surface area contributed by atoms with Crippen molar-refractivity contribution >= 4 is 86.9 Å². The Labute approximate surface area is 331 Å². The summed E-state index contributed by atoms with van der Waals surface area (Å²) in [5, 5.41) is 12.1. The van der Waals surface area contributed by atoms with Gasteiger partial charge in [0.2, 0.25) is 0 Å². The first-order valence-corrected chi connectivity index (χ1v) is 19.9. The Bertz CT molecular complexity index is 3450. The van der Waals surface area contributed by atoms with Gasteiger partial charge in [0, 0.05) is 59.0 Å². The molecule has 1 atom stereocenters. The first-order valence-electron chi connectivity index (χ1n) is 19.1. The Morgan fingerprint density at radius 2 is 1.25 bits per heavy atom. The van der Waals surface area contributed by atoms with E-state index in [1.165, 1.54) is 42.1 Å². The van der Waals surface area contributed by atoms with Gasteiger partial charge in [0.05, 0.1) is 23.0 Å². The van der Waals surface area contributed by atoms with Crippen LogP contribution < -0.4 is 0 Å². The molecule has 1 aliphatic rings. The number of furan rings is 1. The number of amidine groups is 2. The maximum Gasteiger partial charge on any atom is 0.137 e. The van der Waals surface area contributed by atoms with Crippen molar-refractivity contribution in [1.29, 1.82) is 0 Å². The van der Waals surface area contributed by atoms with Crippen LogP contribution in [0.2, 0.25) is 0 Å². The minimum absolute atomic E-state index is 0.450. The third-order valence-electron chi connectivity index (χ3n) is 11.2. The molecule has 0 fully saturated rings. The highest BCUT2D eigenvalue weighted by Gasteiger charge is 2.21. The van der Waals surface area contributed by atoms with Gasteiger partial charge in [-0.15, -0.1) is 11.3 Å². The van der Waals surface area contributed by atoms with E-state index in [0.717, 1.165) is 55.3 Å². The van der Waals surface area contributed by atoms with Gasteiger partial charge < -0.3 is 19.3 Å². The number of para-hydroxylation sites is 1. The normalized spacial score (nSPS) is 14.5. The minimum atomic E-state index is -0.450. The van der Waals surface area contributed by atoms with Gasteiger partial charge in [0.1, 0.15) is 11.2 Å². The largest absolute Gasteiger partial charge is 0.456 e. The second kappa shape index (κ2) is 12.6. The molecule has 0 radical (unpaired) electrons. The van der Waals surface area contributed by atoms with Gasteiger partial charge in [-0.3, -0.25) is 4.99 Å². The number of benzene rings is 8. The SMILES string of the molecule is c1ccc(-c2ccc3c4ccccc4n(-c4ccc5c(c4)oc4cccc(C6=NC(c7ccccc7)[N-]C(c7cccc8c7sc7ccccc78)=N6)c45)c3c2)cc1. The zero-order valence-corrected chi connectivity index (χ0v) is 31.3. The molecular weight excluding hydrogens is 717 g/mol. The summed E-state index contributed by atoms with van der Waals surface area (Å²) < 4.78 is 11.5. The third kappa shape index (κ3) is 5.08. The van der Waals surface area contributed by atoms with Gasteiger partial charge in [0.15, 0.2) is 0 Å². The van der Waals surface area contributed by atoms with E-state index in [1.807, 2.05) is 30.3 Å². The summed E-state index contributed by atoms with van der Waals surface area (Å²) >= 11 is 1.78. The van der Waals surface area contributed by atoms with Crippen LogP contribution in [-0.4, -0.2) is 16.2 Å². The van der Waals surface area contributed by atoms with E-state index in [9.17, 15) is 0 Å². The van der Waals surface area contributed by atoms with Crippen LogP contribution in [0.5, 0.6) is 0 Å². The van der Waals surface area contributed by atoms with E-state index in [0.29, 0.717) is 11.7 Å². The Morgan fingerprint density at radius 3 is 2.14 bits per heavy atom.